The molecule has 1 aromatic carbocycles. The van der Waals surface area contributed by atoms with Crippen LogP contribution in [0.2, 0.25) is 0 Å². The van der Waals surface area contributed by atoms with E-state index in [0.29, 0.717) is 0 Å². The maximum absolute atomic E-state index is 12.6. The second kappa shape index (κ2) is 8.28. The number of ketones is 1. The van der Waals surface area contributed by atoms with Gasteiger partial charge in [0.2, 0.25) is 0 Å². The SMILES string of the molecule is CC(=O)CC(C)(C)[C@@H](C(=O)OCc1ccccc1)C(=O)OC(C)(C)C. The molecule has 1 atom stereocenters. The zero-order valence-electron chi connectivity index (χ0n) is 15.9. The summed E-state index contributed by atoms with van der Waals surface area (Å²) in [6, 6.07) is 9.21. The number of ether oxygens (including phenoxy) is 2. The largest absolute Gasteiger partial charge is 0.460 e. The van der Waals surface area contributed by atoms with Gasteiger partial charge in [0.25, 0.3) is 0 Å². The van der Waals surface area contributed by atoms with E-state index < -0.39 is 28.9 Å². The van der Waals surface area contributed by atoms with Gasteiger partial charge in [-0.2, -0.15) is 0 Å². The molecule has 0 saturated heterocycles. The highest BCUT2D eigenvalue weighted by Crippen LogP contribution is 2.34. The Balaban J connectivity index is 2.97. The molecule has 0 spiro atoms. The molecule has 0 fully saturated rings. The Morgan fingerprint density at radius 3 is 2.00 bits per heavy atom. The molecule has 0 bridgehead atoms. The molecule has 0 unspecified atom stereocenters. The quantitative estimate of drug-likeness (QED) is 0.555. The maximum Gasteiger partial charge on any atom is 0.321 e. The lowest BCUT2D eigenvalue weighted by atomic mass is 9.75. The summed E-state index contributed by atoms with van der Waals surface area (Å²) < 4.78 is 10.7. The lowest BCUT2D eigenvalue weighted by Gasteiger charge is -2.32. The van der Waals surface area contributed by atoms with Gasteiger partial charge in [-0.05, 0) is 38.7 Å². The first-order valence-corrected chi connectivity index (χ1v) is 8.35. The van der Waals surface area contributed by atoms with E-state index in [1.54, 1.807) is 34.6 Å². The summed E-state index contributed by atoms with van der Waals surface area (Å²) in [5.41, 5.74) is -0.813. The zero-order valence-corrected chi connectivity index (χ0v) is 15.9. The number of hydrogen-bond acceptors (Lipinski definition) is 5. The number of carbonyl (C=O) groups excluding carboxylic acids is 3. The Kier molecular flexibility index (Phi) is 6.91. The Bertz CT molecular complexity index is 611. The summed E-state index contributed by atoms with van der Waals surface area (Å²) >= 11 is 0. The van der Waals surface area contributed by atoms with Crippen LogP contribution in [-0.4, -0.2) is 23.3 Å². The molecule has 0 saturated carbocycles. The van der Waals surface area contributed by atoms with Gasteiger partial charge in [-0.15, -0.1) is 0 Å². The van der Waals surface area contributed by atoms with Crippen molar-refractivity contribution in [3.05, 3.63) is 35.9 Å². The predicted molar refractivity (Wildman–Crippen MR) is 94.7 cm³/mol. The molecule has 1 rings (SSSR count). The standard InChI is InChI=1S/C20H28O5/c1-14(21)12-20(5,6)16(18(23)25-19(2,3)4)17(22)24-13-15-10-8-7-9-11-15/h7-11,16H,12-13H2,1-6H3/t16-/m0/s1. The van der Waals surface area contributed by atoms with E-state index in [9.17, 15) is 14.4 Å². The van der Waals surface area contributed by atoms with E-state index in [4.69, 9.17) is 9.47 Å². The molecule has 0 N–H and O–H groups in total. The highest BCUT2D eigenvalue weighted by Gasteiger charge is 2.45. The Labute approximate surface area is 149 Å². The molecular weight excluding hydrogens is 320 g/mol. The Hall–Kier alpha value is -2.17. The summed E-state index contributed by atoms with van der Waals surface area (Å²) in [5, 5.41) is 0. The van der Waals surface area contributed by atoms with Gasteiger partial charge in [0, 0.05) is 6.42 Å². The van der Waals surface area contributed by atoms with E-state index in [2.05, 4.69) is 0 Å². The second-order valence-corrected chi connectivity index (χ2v) is 7.93. The number of carbonyl (C=O) groups is 3. The van der Waals surface area contributed by atoms with Gasteiger partial charge < -0.3 is 14.3 Å². The summed E-state index contributed by atoms with van der Waals surface area (Å²) in [7, 11) is 0. The van der Waals surface area contributed by atoms with Crippen molar-refractivity contribution in [2.45, 2.75) is 60.2 Å². The van der Waals surface area contributed by atoms with Gasteiger partial charge in [0.1, 0.15) is 18.0 Å². The van der Waals surface area contributed by atoms with Crippen LogP contribution in [0.4, 0.5) is 0 Å². The molecule has 1 aromatic rings. The lowest BCUT2D eigenvalue weighted by Crippen LogP contribution is -2.43. The van der Waals surface area contributed by atoms with Crippen LogP contribution >= 0.6 is 0 Å². The number of hydrogen-bond donors (Lipinski definition) is 0. The van der Waals surface area contributed by atoms with Crippen molar-refractivity contribution in [3.8, 4) is 0 Å². The van der Waals surface area contributed by atoms with Crippen molar-refractivity contribution < 1.29 is 23.9 Å². The van der Waals surface area contributed by atoms with Crippen LogP contribution in [0.15, 0.2) is 30.3 Å². The monoisotopic (exact) mass is 348 g/mol. The van der Waals surface area contributed by atoms with Gasteiger partial charge >= 0.3 is 11.9 Å². The molecule has 0 heterocycles. The van der Waals surface area contributed by atoms with Crippen molar-refractivity contribution in [1.82, 2.24) is 0 Å². The smallest absolute Gasteiger partial charge is 0.321 e. The van der Waals surface area contributed by atoms with E-state index in [0.717, 1.165) is 5.56 Å². The van der Waals surface area contributed by atoms with Crippen LogP contribution in [0.1, 0.15) is 53.5 Å². The number of rotatable bonds is 7. The number of esters is 2. The molecule has 0 aliphatic rings. The average molecular weight is 348 g/mol. The van der Waals surface area contributed by atoms with Crippen LogP contribution < -0.4 is 0 Å². The van der Waals surface area contributed by atoms with Crippen LogP contribution in [0.25, 0.3) is 0 Å². The zero-order chi connectivity index (χ0) is 19.3. The second-order valence-electron chi connectivity index (χ2n) is 7.93. The summed E-state index contributed by atoms with van der Waals surface area (Å²) in [4.78, 5) is 36.8. The first-order chi connectivity index (χ1) is 11.4. The molecule has 138 valence electrons. The molecule has 0 amide bonds. The summed E-state index contributed by atoms with van der Waals surface area (Å²) in [6.07, 6.45) is 0.0807. The molecule has 5 nitrogen and oxygen atoms in total. The highest BCUT2D eigenvalue weighted by atomic mass is 16.6. The molecule has 0 aromatic heterocycles. The minimum atomic E-state index is -1.17. The normalized spacial score (nSPS) is 13.0. The Morgan fingerprint density at radius 1 is 0.960 bits per heavy atom. The van der Waals surface area contributed by atoms with Gasteiger partial charge in [-0.3, -0.25) is 9.59 Å². The van der Waals surface area contributed by atoms with Crippen molar-refractivity contribution in [1.29, 1.82) is 0 Å². The Morgan fingerprint density at radius 2 is 1.52 bits per heavy atom. The lowest BCUT2D eigenvalue weighted by molar-refractivity contribution is -0.175. The van der Waals surface area contributed by atoms with E-state index in [1.165, 1.54) is 6.92 Å². The maximum atomic E-state index is 12.6. The highest BCUT2D eigenvalue weighted by molar-refractivity contribution is 5.96. The van der Waals surface area contributed by atoms with Crippen LogP contribution in [-0.2, 0) is 30.5 Å². The first-order valence-electron chi connectivity index (χ1n) is 8.35. The molecule has 0 aliphatic carbocycles. The van der Waals surface area contributed by atoms with Crippen LogP contribution in [0.5, 0.6) is 0 Å². The van der Waals surface area contributed by atoms with Crippen molar-refractivity contribution in [3.63, 3.8) is 0 Å². The van der Waals surface area contributed by atoms with Gasteiger partial charge in [0.15, 0.2) is 5.92 Å². The minimum absolute atomic E-state index is 0.0646. The minimum Gasteiger partial charge on any atom is -0.460 e. The van der Waals surface area contributed by atoms with Crippen LogP contribution in [0.3, 0.4) is 0 Å². The summed E-state index contributed by atoms with van der Waals surface area (Å²) in [5.74, 6) is -2.62. The first kappa shape index (κ1) is 20.9. The predicted octanol–water partition coefficient (Wildman–Crippen LogP) is 3.69. The van der Waals surface area contributed by atoms with Crippen LogP contribution in [0, 0.1) is 11.3 Å². The number of benzene rings is 1. The molecule has 5 heteroatoms. The third-order valence-corrected chi connectivity index (χ3v) is 3.59. The fraction of sp³-hybridized carbons (Fsp3) is 0.550. The van der Waals surface area contributed by atoms with Gasteiger partial charge in [-0.25, -0.2) is 0 Å². The van der Waals surface area contributed by atoms with Gasteiger partial charge in [0.05, 0.1) is 0 Å². The fourth-order valence-corrected chi connectivity index (χ4v) is 2.65. The number of Topliss-reactive ketones (excluding diaryl/α,β-unsaturated/α-hetero) is 1. The van der Waals surface area contributed by atoms with E-state index >= 15 is 0 Å². The van der Waals surface area contributed by atoms with Crippen molar-refractivity contribution in [2.75, 3.05) is 0 Å². The summed E-state index contributed by atoms with van der Waals surface area (Å²) in [6.45, 7) is 10.1. The third-order valence-electron chi connectivity index (χ3n) is 3.59. The topological polar surface area (TPSA) is 69.7 Å². The molecule has 0 aliphatic heterocycles. The van der Waals surface area contributed by atoms with E-state index in [-0.39, 0.29) is 18.8 Å². The molecule has 25 heavy (non-hydrogen) atoms. The molecule has 0 radical (unpaired) electrons. The molecular formula is C20H28O5. The van der Waals surface area contributed by atoms with Crippen molar-refractivity contribution >= 4 is 17.7 Å². The average Bonchev–Trinajstić information content (AvgIpc) is 2.42. The third kappa shape index (κ3) is 7.08. The van der Waals surface area contributed by atoms with Gasteiger partial charge in [-0.1, -0.05) is 44.2 Å². The fourth-order valence-electron chi connectivity index (χ4n) is 2.65. The van der Waals surface area contributed by atoms with Crippen molar-refractivity contribution in [2.24, 2.45) is 11.3 Å². The van der Waals surface area contributed by atoms with E-state index in [1.807, 2.05) is 30.3 Å².